The van der Waals surface area contributed by atoms with Gasteiger partial charge in [-0.1, -0.05) is 12.2 Å². The zero-order valence-electron chi connectivity index (χ0n) is 11.3. The topological polar surface area (TPSA) is 92.4 Å². The summed E-state index contributed by atoms with van der Waals surface area (Å²) >= 11 is 4.70. The van der Waals surface area contributed by atoms with Crippen LogP contribution in [0, 0.1) is 5.82 Å². The number of nitrogens with two attached hydrogens (primary N) is 1. The maximum Gasteiger partial charge on any atom is 0.240 e. The monoisotopic (exact) mass is 332 g/mol. The third kappa shape index (κ3) is 3.97. The van der Waals surface area contributed by atoms with E-state index in [1.165, 1.54) is 6.07 Å². The van der Waals surface area contributed by atoms with Crippen LogP contribution in [0.2, 0.25) is 0 Å². The summed E-state index contributed by atoms with van der Waals surface area (Å²) in [5.74, 6) is -0.651. The lowest BCUT2D eigenvalue weighted by atomic mass is 9.94. The molecule has 0 bridgehead atoms. The zero-order chi connectivity index (χ0) is 15.6. The van der Waals surface area contributed by atoms with Gasteiger partial charge in [0.2, 0.25) is 10.0 Å². The van der Waals surface area contributed by atoms with Gasteiger partial charge < -0.3 is 10.8 Å². The molecule has 1 fully saturated rings. The molecule has 1 aliphatic rings. The number of thiocarbonyl (C=S) groups is 1. The molecule has 1 saturated carbocycles. The summed E-state index contributed by atoms with van der Waals surface area (Å²) in [6.45, 7) is 0. The van der Waals surface area contributed by atoms with Crippen molar-refractivity contribution >= 4 is 27.2 Å². The second-order valence-electron chi connectivity index (χ2n) is 5.13. The second kappa shape index (κ2) is 6.35. The largest absolute Gasteiger partial charge is 0.393 e. The third-order valence-corrected chi connectivity index (χ3v) is 5.27. The highest BCUT2D eigenvalue weighted by atomic mass is 32.2. The molecule has 0 unspecified atom stereocenters. The van der Waals surface area contributed by atoms with Crippen LogP contribution in [0.3, 0.4) is 0 Å². The van der Waals surface area contributed by atoms with Crippen LogP contribution in [0.5, 0.6) is 0 Å². The molecule has 0 radical (unpaired) electrons. The number of hydrogen-bond acceptors (Lipinski definition) is 4. The summed E-state index contributed by atoms with van der Waals surface area (Å²) < 4.78 is 40.6. The van der Waals surface area contributed by atoms with Crippen molar-refractivity contribution in [2.75, 3.05) is 0 Å². The Bertz CT molecular complexity index is 641. The maximum absolute atomic E-state index is 13.5. The Hall–Kier alpha value is -1.09. The molecule has 0 saturated heterocycles. The van der Waals surface area contributed by atoms with Gasteiger partial charge in [0.15, 0.2) is 0 Å². The minimum absolute atomic E-state index is 0.0715. The number of sulfonamides is 1. The fourth-order valence-electron chi connectivity index (χ4n) is 2.34. The second-order valence-corrected chi connectivity index (χ2v) is 7.29. The Labute approximate surface area is 128 Å². The molecule has 0 aromatic heterocycles. The highest BCUT2D eigenvalue weighted by molar-refractivity contribution is 7.89. The average Bonchev–Trinajstić information content (AvgIpc) is 2.41. The van der Waals surface area contributed by atoms with Gasteiger partial charge in [-0.3, -0.25) is 0 Å². The summed E-state index contributed by atoms with van der Waals surface area (Å²) in [7, 11) is -3.76. The number of hydrogen-bond donors (Lipinski definition) is 3. The van der Waals surface area contributed by atoms with Gasteiger partial charge >= 0.3 is 0 Å². The van der Waals surface area contributed by atoms with E-state index < -0.39 is 15.8 Å². The first kappa shape index (κ1) is 16.3. The molecule has 1 aliphatic carbocycles. The number of aliphatic hydroxyl groups excluding tert-OH is 1. The summed E-state index contributed by atoms with van der Waals surface area (Å²) in [4.78, 5) is -0.261. The van der Waals surface area contributed by atoms with E-state index in [0.717, 1.165) is 12.1 Å². The summed E-state index contributed by atoms with van der Waals surface area (Å²) in [5.41, 5.74) is 5.28. The molecule has 5 nitrogen and oxygen atoms in total. The fraction of sp³-hybridized carbons (Fsp3) is 0.462. The minimum Gasteiger partial charge on any atom is -0.393 e. The van der Waals surface area contributed by atoms with Crippen molar-refractivity contribution in [3.8, 4) is 0 Å². The Morgan fingerprint density at radius 3 is 2.52 bits per heavy atom. The van der Waals surface area contributed by atoms with Gasteiger partial charge in [-0.25, -0.2) is 17.5 Å². The van der Waals surface area contributed by atoms with E-state index in [2.05, 4.69) is 4.72 Å². The van der Waals surface area contributed by atoms with Gasteiger partial charge in [-0.05, 0) is 43.9 Å². The smallest absolute Gasteiger partial charge is 0.240 e. The minimum atomic E-state index is -3.76. The van der Waals surface area contributed by atoms with Crippen LogP contribution in [0.1, 0.15) is 31.2 Å². The van der Waals surface area contributed by atoms with E-state index in [9.17, 15) is 17.9 Å². The van der Waals surface area contributed by atoms with Crippen molar-refractivity contribution in [1.29, 1.82) is 0 Å². The maximum atomic E-state index is 13.5. The number of rotatable bonds is 4. The van der Waals surface area contributed by atoms with Gasteiger partial charge in [0.1, 0.15) is 10.8 Å². The lowest BCUT2D eigenvalue weighted by Crippen LogP contribution is -2.38. The van der Waals surface area contributed by atoms with E-state index in [1.54, 1.807) is 0 Å². The molecule has 8 heteroatoms. The van der Waals surface area contributed by atoms with E-state index in [4.69, 9.17) is 18.0 Å². The van der Waals surface area contributed by atoms with Crippen LogP contribution in [-0.4, -0.2) is 30.7 Å². The third-order valence-electron chi connectivity index (χ3n) is 3.53. The van der Waals surface area contributed by atoms with Crippen molar-refractivity contribution in [2.45, 2.75) is 42.7 Å². The number of benzene rings is 1. The van der Waals surface area contributed by atoms with Crippen LogP contribution >= 0.6 is 12.2 Å². The summed E-state index contributed by atoms with van der Waals surface area (Å²) in [6.07, 6.45) is 1.91. The average molecular weight is 332 g/mol. The van der Waals surface area contributed by atoms with E-state index in [1.807, 2.05) is 0 Å². The Morgan fingerprint density at radius 2 is 1.95 bits per heavy atom. The first-order valence-electron chi connectivity index (χ1n) is 6.59. The molecule has 1 aromatic rings. The normalized spacial score (nSPS) is 23.0. The summed E-state index contributed by atoms with van der Waals surface area (Å²) in [6, 6.07) is 3.12. The molecule has 0 spiro atoms. The molecule has 0 atom stereocenters. The first-order valence-corrected chi connectivity index (χ1v) is 8.48. The molecule has 4 N–H and O–H groups in total. The van der Waals surface area contributed by atoms with E-state index >= 15 is 0 Å². The molecule has 0 heterocycles. The van der Waals surface area contributed by atoms with Gasteiger partial charge in [-0.15, -0.1) is 0 Å². The van der Waals surface area contributed by atoms with Crippen molar-refractivity contribution in [3.63, 3.8) is 0 Å². The zero-order valence-corrected chi connectivity index (χ0v) is 12.9. The predicted octanol–water partition coefficient (Wildman–Crippen LogP) is 1.04. The Morgan fingerprint density at radius 1 is 1.33 bits per heavy atom. The van der Waals surface area contributed by atoms with Crippen LogP contribution in [0.15, 0.2) is 23.1 Å². The van der Waals surface area contributed by atoms with E-state index in [0.29, 0.717) is 25.7 Å². The number of nitrogens with one attached hydrogen (secondary N) is 1. The quantitative estimate of drug-likeness (QED) is 0.717. The molecule has 21 heavy (non-hydrogen) atoms. The van der Waals surface area contributed by atoms with Crippen LogP contribution in [0.4, 0.5) is 4.39 Å². The van der Waals surface area contributed by atoms with Crippen molar-refractivity contribution < 1.29 is 17.9 Å². The van der Waals surface area contributed by atoms with E-state index in [-0.39, 0.29) is 27.6 Å². The molecule has 1 aromatic carbocycles. The molecule has 116 valence electrons. The van der Waals surface area contributed by atoms with Crippen LogP contribution in [0.25, 0.3) is 0 Å². The Balaban J connectivity index is 2.20. The lowest BCUT2D eigenvalue weighted by molar-refractivity contribution is 0.120. The van der Waals surface area contributed by atoms with Crippen molar-refractivity contribution in [1.82, 2.24) is 4.72 Å². The predicted molar refractivity (Wildman–Crippen MR) is 80.9 cm³/mol. The fourth-order valence-corrected chi connectivity index (χ4v) is 3.83. The molecule has 2 rings (SSSR count). The molecular weight excluding hydrogens is 315 g/mol. The lowest BCUT2D eigenvalue weighted by Gasteiger charge is -2.26. The highest BCUT2D eigenvalue weighted by Gasteiger charge is 2.25. The van der Waals surface area contributed by atoms with Crippen LogP contribution in [-0.2, 0) is 10.0 Å². The summed E-state index contributed by atoms with van der Waals surface area (Å²) in [5, 5.41) is 9.42. The highest BCUT2D eigenvalue weighted by Crippen LogP contribution is 2.21. The molecule has 0 amide bonds. The van der Waals surface area contributed by atoms with Gasteiger partial charge in [0.05, 0.1) is 11.0 Å². The Kier molecular flexibility index (Phi) is 4.92. The number of halogens is 1. The molecule has 0 aliphatic heterocycles. The van der Waals surface area contributed by atoms with Crippen molar-refractivity contribution in [3.05, 3.63) is 29.6 Å². The van der Waals surface area contributed by atoms with Crippen molar-refractivity contribution in [2.24, 2.45) is 5.73 Å². The van der Waals surface area contributed by atoms with Crippen LogP contribution < -0.4 is 10.5 Å². The first-order chi connectivity index (χ1) is 9.79. The number of aliphatic hydroxyl groups is 1. The SMILES string of the molecule is NC(=S)c1cc(S(=O)(=O)NC2CCC(O)CC2)ccc1F. The van der Waals surface area contributed by atoms with Gasteiger partial charge in [0, 0.05) is 11.6 Å². The standard InChI is InChI=1S/C13H17FN2O3S2/c14-12-6-5-10(7-11(12)13(15)20)21(18,19)16-8-1-3-9(17)4-2-8/h5-9,16-17H,1-4H2,(H2,15,20). The van der Waals surface area contributed by atoms with Gasteiger partial charge in [-0.2, -0.15) is 0 Å². The van der Waals surface area contributed by atoms with Gasteiger partial charge in [0.25, 0.3) is 0 Å². The molecular formula is C13H17FN2O3S2.